The van der Waals surface area contributed by atoms with Crippen LogP contribution < -0.4 is 5.56 Å². The zero-order valence-electron chi connectivity index (χ0n) is 13.2. The maximum atomic E-state index is 14.4. The zero-order valence-corrected chi connectivity index (χ0v) is 13.2. The molecule has 0 aliphatic heterocycles. The molecule has 1 aliphatic rings. The minimum absolute atomic E-state index is 0.311. The van der Waals surface area contributed by atoms with Crippen LogP contribution in [0.2, 0.25) is 0 Å². The smallest absolute Gasteiger partial charge is 0.295 e. The molecule has 1 heterocycles. The summed E-state index contributed by atoms with van der Waals surface area (Å²) in [6.07, 6.45) is 6.97. The maximum absolute atomic E-state index is 14.4. The number of rotatable bonds is 6. The van der Waals surface area contributed by atoms with Gasteiger partial charge < -0.3 is 4.98 Å². The molecule has 0 radical (unpaired) electrons. The Kier molecular flexibility index (Phi) is 4.74. The highest BCUT2D eigenvalue weighted by molar-refractivity contribution is 5.73. The van der Waals surface area contributed by atoms with Gasteiger partial charge >= 0.3 is 0 Å². The molecule has 0 atom stereocenters. The van der Waals surface area contributed by atoms with Crippen LogP contribution in [0.1, 0.15) is 57.1 Å². The summed E-state index contributed by atoms with van der Waals surface area (Å²) >= 11 is 0. The number of nitrogens with zero attached hydrogens (tertiary/aromatic N) is 1. The Morgan fingerprint density at radius 2 is 1.91 bits per heavy atom. The molecular formula is C18H22F2N2O. The van der Waals surface area contributed by atoms with Crippen molar-refractivity contribution in [1.29, 1.82) is 0 Å². The van der Waals surface area contributed by atoms with Gasteiger partial charge in [0.25, 0.3) is 11.5 Å². The summed E-state index contributed by atoms with van der Waals surface area (Å²) in [7, 11) is 0. The second-order valence-corrected chi connectivity index (χ2v) is 6.53. The quantitative estimate of drug-likeness (QED) is 0.780. The third kappa shape index (κ3) is 3.77. The summed E-state index contributed by atoms with van der Waals surface area (Å²) in [5.41, 5.74) is -0.562. The van der Waals surface area contributed by atoms with Crippen LogP contribution in [-0.2, 0) is 5.92 Å². The number of hydrogen-bond donors (Lipinski definition) is 1. The summed E-state index contributed by atoms with van der Waals surface area (Å²) in [4.78, 5) is 18.3. The lowest BCUT2D eigenvalue weighted by molar-refractivity contribution is -0.0215. The van der Waals surface area contributed by atoms with E-state index in [9.17, 15) is 13.6 Å². The van der Waals surface area contributed by atoms with Crippen LogP contribution in [0, 0.1) is 5.92 Å². The van der Waals surface area contributed by atoms with Crippen molar-refractivity contribution in [3.8, 4) is 0 Å². The summed E-state index contributed by atoms with van der Waals surface area (Å²) in [6, 6.07) is 6.75. The molecule has 1 aromatic carbocycles. The van der Waals surface area contributed by atoms with E-state index in [0.717, 1.165) is 12.8 Å². The lowest BCUT2D eigenvalue weighted by Crippen LogP contribution is -2.27. The van der Waals surface area contributed by atoms with Gasteiger partial charge in [0.2, 0.25) is 0 Å². The largest absolute Gasteiger partial charge is 0.319 e. The van der Waals surface area contributed by atoms with E-state index in [2.05, 4.69) is 9.97 Å². The second kappa shape index (κ2) is 6.77. The topological polar surface area (TPSA) is 45.8 Å². The molecule has 3 nitrogen and oxygen atoms in total. The number of fused-ring (bicyclic) bond motifs is 1. The van der Waals surface area contributed by atoms with Crippen molar-refractivity contribution in [3.63, 3.8) is 0 Å². The van der Waals surface area contributed by atoms with Gasteiger partial charge in [-0.05, 0) is 24.5 Å². The van der Waals surface area contributed by atoms with E-state index in [1.165, 1.54) is 25.7 Å². The fourth-order valence-electron chi connectivity index (χ4n) is 3.47. The average Bonchev–Trinajstić information content (AvgIpc) is 3.04. The number of hydrogen-bond acceptors (Lipinski definition) is 2. The Morgan fingerprint density at radius 3 is 2.70 bits per heavy atom. The maximum Gasteiger partial charge on any atom is 0.295 e. The first-order chi connectivity index (χ1) is 11.1. The molecule has 1 aliphatic carbocycles. The minimum atomic E-state index is -3.17. The van der Waals surface area contributed by atoms with Crippen LogP contribution >= 0.6 is 0 Å². The molecule has 1 aromatic heterocycles. The molecule has 124 valence electrons. The van der Waals surface area contributed by atoms with E-state index in [1.807, 2.05) is 0 Å². The van der Waals surface area contributed by atoms with Crippen LogP contribution in [0.25, 0.3) is 11.0 Å². The highest BCUT2D eigenvalue weighted by Crippen LogP contribution is 2.33. The van der Waals surface area contributed by atoms with Crippen molar-refractivity contribution >= 4 is 11.0 Å². The SMILES string of the molecule is O=c1[nH]c2ccccc2nc1C(F)(F)CCCCC1CCCC1. The predicted octanol–water partition coefficient (Wildman–Crippen LogP) is 4.77. The van der Waals surface area contributed by atoms with Gasteiger partial charge in [-0.3, -0.25) is 4.79 Å². The third-order valence-corrected chi connectivity index (χ3v) is 4.77. The van der Waals surface area contributed by atoms with E-state index in [0.29, 0.717) is 23.4 Å². The summed E-state index contributed by atoms with van der Waals surface area (Å²) in [5, 5.41) is 0. The van der Waals surface area contributed by atoms with Crippen LogP contribution in [0.3, 0.4) is 0 Å². The van der Waals surface area contributed by atoms with Gasteiger partial charge in [-0.2, -0.15) is 8.78 Å². The van der Waals surface area contributed by atoms with E-state index in [4.69, 9.17) is 0 Å². The lowest BCUT2D eigenvalue weighted by Gasteiger charge is -2.16. The first-order valence-electron chi connectivity index (χ1n) is 8.43. The first-order valence-corrected chi connectivity index (χ1v) is 8.43. The van der Waals surface area contributed by atoms with Crippen molar-refractivity contribution in [2.24, 2.45) is 5.92 Å². The van der Waals surface area contributed by atoms with Crippen LogP contribution in [0.4, 0.5) is 8.78 Å². The molecule has 0 amide bonds. The van der Waals surface area contributed by atoms with Crippen LogP contribution in [0.5, 0.6) is 0 Å². The van der Waals surface area contributed by atoms with Gasteiger partial charge in [-0.1, -0.05) is 50.7 Å². The fourth-order valence-corrected chi connectivity index (χ4v) is 3.47. The number of aromatic nitrogens is 2. The van der Waals surface area contributed by atoms with Crippen molar-refractivity contribution < 1.29 is 8.78 Å². The fraction of sp³-hybridized carbons (Fsp3) is 0.556. The Morgan fingerprint density at radius 1 is 1.17 bits per heavy atom. The van der Waals surface area contributed by atoms with Gasteiger partial charge in [0, 0.05) is 6.42 Å². The molecule has 5 heteroatoms. The molecule has 1 N–H and O–H groups in total. The molecule has 23 heavy (non-hydrogen) atoms. The molecule has 2 aromatic rings. The molecule has 1 saturated carbocycles. The Bertz CT molecular complexity index is 720. The standard InChI is InChI=1S/C18H22F2N2O/c19-18(20,12-6-5-9-13-7-1-2-8-13)16-17(23)22-15-11-4-3-10-14(15)21-16/h3-4,10-11,13H,1-2,5-9,12H2,(H,22,23). The van der Waals surface area contributed by atoms with Gasteiger partial charge in [0.05, 0.1) is 11.0 Å². The van der Waals surface area contributed by atoms with Crippen molar-refractivity contribution in [3.05, 3.63) is 40.3 Å². The molecule has 0 spiro atoms. The number of para-hydroxylation sites is 2. The first kappa shape index (κ1) is 16.1. The van der Waals surface area contributed by atoms with E-state index >= 15 is 0 Å². The van der Waals surface area contributed by atoms with Crippen LogP contribution in [-0.4, -0.2) is 9.97 Å². The number of alkyl halides is 2. The Balaban J connectivity index is 1.66. The highest BCUT2D eigenvalue weighted by Gasteiger charge is 2.36. The minimum Gasteiger partial charge on any atom is -0.319 e. The number of H-pyrrole nitrogens is 1. The Hall–Kier alpha value is -1.78. The van der Waals surface area contributed by atoms with E-state index in [-0.39, 0.29) is 6.42 Å². The third-order valence-electron chi connectivity index (χ3n) is 4.77. The zero-order chi connectivity index (χ0) is 16.3. The van der Waals surface area contributed by atoms with Gasteiger partial charge in [-0.15, -0.1) is 0 Å². The molecular weight excluding hydrogens is 298 g/mol. The lowest BCUT2D eigenvalue weighted by atomic mass is 9.98. The van der Waals surface area contributed by atoms with E-state index in [1.54, 1.807) is 24.3 Å². The van der Waals surface area contributed by atoms with Gasteiger partial charge in [0.15, 0.2) is 5.69 Å². The number of benzene rings is 1. The summed E-state index contributed by atoms with van der Waals surface area (Å²) in [5.74, 6) is -2.46. The highest BCUT2D eigenvalue weighted by atomic mass is 19.3. The number of nitrogens with one attached hydrogen (secondary N) is 1. The van der Waals surface area contributed by atoms with Crippen LogP contribution in [0.15, 0.2) is 29.1 Å². The number of unbranched alkanes of at least 4 members (excludes halogenated alkanes) is 1. The molecule has 1 fully saturated rings. The van der Waals surface area contributed by atoms with Gasteiger partial charge in [-0.25, -0.2) is 4.98 Å². The normalized spacial score (nSPS) is 16.3. The number of halogens is 2. The Labute approximate surface area is 134 Å². The van der Waals surface area contributed by atoms with Crippen molar-refractivity contribution in [2.45, 2.75) is 57.3 Å². The molecule has 0 saturated heterocycles. The summed E-state index contributed by atoms with van der Waals surface area (Å²) in [6.45, 7) is 0. The monoisotopic (exact) mass is 320 g/mol. The molecule has 0 unspecified atom stereocenters. The van der Waals surface area contributed by atoms with E-state index < -0.39 is 17.2 Å². The number of aromatic amines is 1. The predicted molar refractivity (Wildman–Crippen MR) is 86.7 cm³/mol. The van der Waals surface area contributed by atoms with Crippen molar-refractivity contribution in [2.75, 3.05) is 0 Å². The average molecular weight is 320 g/mol. The second-order valence-electron chi connectivity index (χ2n) is 6.53. The summed E-state index contributed by atoms with van der Waals surface area (Å²) < 4.78 is 28.7. The van der Waals surface area contributed by atoms with Crippen molar-refractivity contribution in [1.82, 2.24) is 9.97 Å². The molecule has 0 bridgehead atoms. The van der Waals surface area contributed by atoms with Gasteiger partial charge in [0.1, 0.15) is 0 Å². The molecule has 3 rings (SSSR count).